The van der Waals surface area contributed by atoms with Gasteiger partial charge < -0.3 is 9.30 Å². The predicted molar refractivity (Wildman–Crippen MR) is 170 cm³/mol. The zero-order valence-corrected chi connectivity index (χ0v) is 26.2. The van der Waals surface area contributed by atoms with Gasteiger partial charge in [0, 0.05) is 47.4 Å². The number of amides is 2. The van der Waals surface area contributed by atoms with Gasteiger partial charge in [-0.3, -0.25) is 10.2 Å². The van der Waals surface area contributed by atoms with Gasteiger partial charge in [0.2, 0.25) is 0 Å². The van der Waals surface area contributed by atoms with Crippen LogP contribution in [0.5, 0.6) is 5.75 Å². The van der Waals surface area contributed by atoms with Crippen molar-refractivity contribution in [3.63, 3.8) is 0 Å². The van der Waals surface area contributed by atoms with E-state index in [2.05, 4.69) is 92.4 Å². The number of nitrogens with one attached hydrogen (secondary N) is 2. The van der Waals surface area contributed by atoms with Crippen molar-refractivity contribution in [3.05, 3.63) is 48.0 Å². The Morgan fingerprint density at radius 3 is 2.59 bits per heavy atom. The van der Waals surface area contributed by atoms with E-state index in [1.165, 1.54) is 71.8 Å². The molecule has 2 aliphatic heterocycles. The van der Waals surface area contributed by atoms with E-state index in [4.69, 9.17) is 4.74 Å². The van der Waals surface area contributed by atoms with Gasteiger partial charge in [0.05, 0.1) is 23.5 Å². The van der Waals surface area contributed by atoms with Gasteiger partial charge in [0.25, 0.3) is 0 Å². The molecule has 3 aliphatic rings. The lowest BCUT2D eigenvalue weighted by atomic mass is 9.81. The van der Waals surface area contributed by atoms with E-state index in [0.717, 1.165) is 18.0 Å². The smallest absolute Gasteiger partial charge is 0.349 e. The number of hydrazine groups is 1. The summed E-state index contributed by atoms with van der Waals surface area (Å²) >= 11 is 1.51. The van der Waals surface area contributed by atoms with Crippen LogP contribution >= 0.6 is 11.9 Å². The van der Waals surface area contributed by atoms with E-state index in [1.54, 1.807) is 9.31 Å². The van der Waals surface area contributed by atoms with Gasteiger partial charge in [-0.1, -0.05) is 51.3 Å². The molecule has 0 saturated heterocycles. The molecule has 41 heavy (non-hydrogen) atoms. The Morgan fingerprint density at radius 2 is 1.83 bits per heavy atom. The zero-order chi connectivity index (χ0) is 28.9. The van der Waals surface area contributed by atoms with Crippen molar-refractivity contribution < 1.29 is 9.53 Å². The van der Waals surface area contributed by atoms with Crippen LogP contribution in [0.15, 0.2) is 42.5 Å². The largest absolute Gasteiger partial charge is 0.492 e. The van der Waals surface area contributed by atoms with Crippen molar-refractivity contribution >= 4 is 34.6 Å². The lowest BCUT2D eigenvalue weighted by Crippen LogP contribution is -2.63. The van der Waals surface area contributed by atoms with Crippen molar-refractivity contribution in [1.29, 1.82) is 0 Å². The Kier molecular flexibility index (Phi) is 7.76. The average molecular weight is 576 g/mol. The normalized spacial score (nSPS) is 23.5. The summed E-state index contributed by atoms with van der Waals surface area (Å²) in [5.74, 6) is 1.69. The zero-order valence-electron chi connectivity index (χ0n) is 25.4. The maximum absolute atomic E-state index is 14.0. The first-order chi connectivity index (χ1) is 19.6. The Labute approximate surface area is 249 Å². The summed E-state index contributed by atoms with van der Waals surface area (Å²) in [4.78, 5) is 15.7. The summed E-state index contributed by atoms with van der Waals surface area (Å²) in [7, 11) is 1.88. The molecule has 3 aromatic rings. The molecule has 220 valence electrons. The first-order valence-corrected chi connectivity index (χ1v) is 16.1. The highest BCUT2D eigenvalue weighted by Crippen LogP contribution is 2.48. The SMILES string of the molecule is CC(C)SN1NC(C)(C)NC(C)[C@@H]2COc3ccccc3-c3c(C4CCCCC4)c4ccc(cc4n3C2)N(C)C1=O. The fraction of sp³-hybridized carbons (Fsp3) is 0.545. The first-order valence-electron chi connectivity index (χ1n) is 15.3. The maximum Gasteiger partial charge on any atom is 0.349 e. The van der Waals surface area contributed by atoms with Crippen molar-refractivity contribution in [1.82, 2.24) is 19.7 Å². The number of carbonyl (C=O) groups is 1. The number of fused-ring (bicyclic) bond motifs is 4. The Hall–Kier alpha value is -2.68. The Morgan fingerprint density at radius 1 is 1.07 bits per heavy atom. The van der Waals surface area contributed by atoms with E-state index in [1.807, 2.05) is 7.05 Å². The quantitative estimate of drug-likeness (QED) is 0.317. The minimum absolute atomic E-state index is 0.0924. The third-order valence-corrected chi connectivity index (χ3v) is 9.83. The minimum Gasteiger partial charge on any atom is -0.492 e. The Balaban J connectivity index is 1.60. The molecule has 6 rings (SSSR count). The third-order valence-electron chi connectivity index (χ3n) is 8.95. The highest BCUT2D eigenvalue weighted by molar-refractivity contribution is 7.98. The summed E-state index contributed by atoms with van der Waals surface area (Å²) < 4.78 is 10.9. The highest BCUT2D eigenvalue weighted by Gasteiger charge is 2.35. The van der Waals surface area contributed by atoms with Crippen molar-refractivity contribution in [2.45, 2.75) is 96.1 Å². The van der Waals surface area contributed by atoms with Crippen LogP contribution in [0.1, 0.15) is 78.2 Å². The van der Waals surface area contributed by atoms with Gasteiger partial charge in [-0.15, -0.1) is 0 Å². The number of aromatic nitrogens is 1. The molecule has 2 amide bonds. The molecule has 2 aromatic carbocycles. The van der Waals surface area contributed by atoms with Crippen LogP contribution < -0.4 is 20.4 Å². The summed E-state index contributed by atoms with van der Waals surface area (Å²) in [6, 6.07) is 15.2. The summed E-state index contributed by atoms with van der Waals surface area (Å²) in [5, 5.41) is 5.36. The number of nitrogens with zero attached hydrogens (tertiary/aromatic N) is 3. The molecule has 2 N–H and O–H groups in total. The Bertz CT molecular complexity index is 1430. The molecule has 7 nitrogen and oxygen atoms in total. The molecule has 1 saturated carbocycles. The van der Waals surface area contributed by atoms with Gasteiger partial charge in [0.1, 0.15) is 5.75 Å². The van der Waals surface area contributed by atoms with Crippen LogP contribution in [0.4, 0.5) is 10.5 Å². The molecular weight excluding hydrogens is 530 g/mol. The average Bonchev–Trinajstić information content (AvgIpc) is 3.24. The lowest BCUT2D eigenvalue weighted by Gasteiger charge is -2.39. The summed E-state index contributed by atoms with van der Waals surface area (Å²) in [6.45, 7) is 12.1. The summed E-state index contributed by atoms with van der Waals surface area (Å²) in [6.07, 6.45) is 6.32. The van der Waals surface area contributed by atoms with Crippen molar-refractivity contribution in [2.24, 2.45) is 5.92 Å². The van der Waals surface area contributed by atoms with Gasteiger partial charge in [0.15, 0.2) is 0 Å². The molecule has 1 fully saturated rings. The van der Waals surface area contributed by atoms with E-state index in [-0.39, 0.29) is 23.2 Å². The number of ether oxygens (including phenoxy) is 1. The van der Waals surface area contributed by atoms with Crippen LogP contribution in [0.25, 0.3) is 22.2 Å². The monoisotopic (exact) mass is 575 g/mol. The fourth-order valence-electron chi connectivity index (χ4n) is 6.98. The van der Waals surface area contributed by atoms with Gasteiger partial charge >= 0.3 is 6.03 Å². The van der Waals surface area contributed by atoms with Gasteiger partial charge in [-0.25, -0.2) is 10.2 Å². The molecule has 8 heteroatoms. The van der Waals surface area contributed by atoms with Crippen LogP contribution in [-0.4, -0.2) is 45.6 Å². The number of hydrogen-bond donors (Lipinski definition) is 2. The van der Waals surface area contributed by atoms with Crippen LogP contribution in [0, 0.1) is 5.92 Å². The number of benzene rings is 2. The van der Waals surface area contributed by atoms with Gasteiger partial charge in [-0.05, 0) is 81.3 Å². The molecule has 1 aliphatic carbocycles. The number of rotatable bonds is 3. The molecule has 1 unspecified atom stereocenters. The molecule has 1 aromatic heterocycles. The number of para-hydroxylation sites is 1. The van der Waals surface area contributed by atoms with Gasteiger partial charge in [-0.2, -0.15) is 4.41 Å². The third kappa shape index (κ3) is 5.46. The van der Waals surface area contributed by atoms with Crippen LogP contribution in [0.2, 0.25) is 0 Å². The summed E-state index contributed by atoms with van der Waals surface area (Å²) in [5.41, 5.74) is 9.02. The first kappa shape index (κ1) is 28.4. The van der Waals surface area contributed by atoms with Crippen LogP contribution in [-0.2, 0) is 6.54 Å². The number of urea groups is 1. The van der Waals surface area contributed by atoms with Crippen molar-refractivity contribution in [3.8, 4) is 17.0 Å². The predicted octanol–water partition coefficient (Wildman–Crippen LogP) is 7.51. The minimum atomic E-state index is -0.535. The number of hydrogen-bond acceptors (Lipinski definition) is 5. The highest BCUT2D eigenvalue weighted by atomic mass is 32.2. The second-order valence-corrected chi connectivity index (χ2v) is 14.5. The standard InChI is InChI=1S/C33H45N5O2S/c1-21(2)41-38-32(39)36(6)25-16-17-26-28(18-25)37-19-24(22(3)34-33(4,5)35-38)20-40-29-15-11-10-14-27(29)31(37)30(26)23-12-8-7-9-13-23/h10-11,14-18,21-24,34-35H,7-9,12-13,19-20H2,1-6H3/t22?,24-/m0/s1. The van der Waals surface area contributed by atoms with E-state index in [9.17, 15) is 4.79 Å². The molecule has 0 radical (unpaired) electrons. The van der Waals surface area contributed by atoms with E-state index < -0.39 is 5.66 Å². The molecule has 4 bridgehead atoms. The molecular formula is C33H45N5O2S. The van der Waals surface area contributed by atoms with E-state index >= 15 is 0 Å². The van der Waals surface area contributed by atoms with Crippen LogP contribution in [0.3, 0.4) is 0 Å². The van der Waals surface area contributed by atoms with Crippen molar-refractivity contribution in [2.75, 3.05) is 18.6 Å². The molecule has 2 atom stereocenters. The topological polar surface area (TPSA) is 61.8 Å². The maximum atomic E-state index is 14.0. The fourth-order valence-corrected chi connectivity index (χ4v) is 7.90. The number of carbonyl (C=O) groups excluding carboxylic acids is 1. The second-order valence-electron chi connectivity index (χ2n) is 12.9. The molecule has 0 spiro atoms. The second kappa shape index (κ2) is 11.2. The van der Waals surface area contributed by atoms with E-state index in [0.29, 0.717) is 12.5 Å². The lowest BCUT2D eigenvalue weighted by molar-refractivity contribution is 0.137. The number of anilines is 1. The molecule has 3 heterocycles.